The molecule has 0 atom stereocenters. The molecule has 0 radical (unpaired) electrons. The van der Waals surface area contributed by atoms with E-state index in [1.165, 1.54) is 5.69 Å². The fourth-order valence-electron chi connectivity index (χ4n) is 2.98. The van der Waals surface area contributed by atoms with Gasteiger partial charge >= 0.3 is 6.03 Å². The van der Waals surface area contributed by atoms with Gasteiger partial charge < -0.3 is 29.9 Å². The monoisotopic (exact) mass is 384 g/mol. The van der Waals surface area contributed by atoms with Crippen LogP contribution in [0.2, 0.25) is 0 Å². The van der Waals surface area contributed by atoms with E-state index in [1.54, 1.807) is 0 Å². The van der Waals surface area contributed by atoms with Crippen molar-refractivity contribution in [2.45, 2.75) is 6.92 Å². The van der Waals surface area contributed by atoms with Gasteiger partial charge in [0.25, 0.3) is 0 Å². The van der Waals surface area contributed by atoms with Crippen LogP contribution < -0.4 is 25.0 Å². The second-order valence-electron chi connectivity index (χ2n) is 6.66. The van der Waals surface area contributed by atoms with Crippen molar-refractivity contribution in [2.24, 2.45) is 0 Å². The molecule has 2 aromatic carbocycles. The Morgan fingerprint density at radius 1 is 0.929 bits per heavy atom. The summed E-state index contributed by atoms with van der Waals surface area (Å²) < 4.78 is 10.9. The molecular weight excluding hydrogens is 356 g/mol. The molecule has 1 fully saturated rings. The Hall–Kier alpha value is -2.93. The van der Waals surface area contributed by atoms with Gasteiger partial charge in [-0.25, -0.2) is 4.79 Å². The van der Waals surface area contributed by atoms with Gasteiger partial charge in [0, 0.05) is 37.6 Å². The van der Waals surface area contributed by atoms with Crippen molar-refractivity contribution in [1.82, 2.24) is 10.2 Å². The number of hydrogen-bond donors (Lipinski definition) is 2. The maximum Gasteiger partial charge on any atom is 0.321 e. The number of carbonyl (C=O) groups is 1. The maximum absolute atomic E-state index is 12.0. The van der Waals surface area contributed by atoms with E-state index in [-0.39, 0.29) is 12.8 Å². The lowest BCUT2D eigenvalue weighted by atomic mass is 10.2. The van der Waals surface area contributed by atoms with Gasteiger partial charge in [-0.05, 0) is 62.5 Å². The van der Waals surface area contributed by atoms with Crippen molar-refractivity contribution in [3.05, 3.63) is 48.5 Å². The van der Waals surface area contributed by atoms with E-state index in [9.17, 15) is 4.79 Å². The third-order valence-electron chi connectivity index (χ3n) is 4.60. The highest BCUT2D eigenvalue weighted by molar-refractivity contribution is 5.89. The van der Waals surface area contributed by atoms with Crippen molar-refractivity contribution in [2.75, 3.05) is 56.8 Å². The molecule has 7 heteroatoms. The van der Waals surface area contributed by atoms with Crippen molar-refractivity contribution in [3.8, 4) is 11.5 Å². The number of rotatable bonds is 7. The van der Waals surface area contributed by atoms with E-state index in [1.807, 2.05) is 55.5 Å². The summed E-state index contributed by atoms with van der Waals surface area (Å²) in [5, 5.41) is 5.50. The van der Waals surface area contributed by atoms with Gasteiger partial charge in [-0.3, -0.25) is 0 Å². The SMILES string of the molecule is CCOc1ccc(OCNC(=O)Nc2ccc(N3CCN(C)CC3)cc2)cc1. The zero-order valence-corrected chi connectivity index (χ0v) is 16.5. The number of nitrogens with zero attached hydrogens (tertiary/aromatic N) is 2. The minimum atomic E-state index is -0.307. The third kappa shape index (κ3) is 5.79. The summed E-state index contributed by atoms with van der Waals surface area (Å²) >= 11 is 0. The first-order valence-electron chi connectivity index (χ1n) is 9.58. The van der Waals surface area contributed by atoms with Crippen LogP contribution in [0.15, 0.2) is 48.5 Å². The van der Waals surface area contributed by atoms with E-state index in [0.717, 1.165) is 37.6 Å². The van der Waals surface area contributed by atoms with Crippen LogP contribution in [0.4, 0.5) is 16.2 Å². The van der Waals surface area contributed by atoms with Crippen LogP contribution in [0.3, 0.4) is 0 Å². The first kappa shape index (κ1) is 19.8. The quantitative estimate of drug-likeness (QED) is 0.719. The molecule has 0 aliphatic carbocycles. The van der Waals surface area contributed by atoms with Crippen LogP contribution in [0.5, 0.6) is 11.5 Å². The highest BCUT2D eigenvalue weighted by atomic mass is 16.5. The molecule has 3 rings (SSSR count). The fourth-order valence-corrected chi connectivity index (χ4v) is 2.98. The molecule has 0 bridgehead atoms. The topological polar surface area (TPSA) is 66.1 Å². The second-order valence-corrected chi connectivity index (χ2v) is 6.66. The summed E-state index contributed by atoms with van der Waals surface area (Å²) in [4.78, 5) is 16.7. The molecule has 2 aromatic rings. The Labute approximate surface area is 166 Å². The van der Waals surface area contributed by atoms with Gasteiger partial charge in [-0.1, -0.05) is 0 Å². The minimum Gasteiger partial charge on any atom is -0.494 e. The number of ether oxygens (including phenoxy) is 2. The van der Waals surface area contributed by atoms with Crippen LogP contribution in [0.25, 0.3) is 0 Å². The van der Waals surface area contributed by atoms with Crippen LogP contribution in [-0.2, 0) is 0 Å². The Bertz CT molecular complexity index is 741. The van der Waals surface area contributed by atoms with E-state index in [0.29, 0.717) is 12.4 Å². The molecule has 28 heavy (non-hydrogen) atoms. The molecule has 1 saturated heterocycles. The molecule has 2 N–H and O–H groups in total. The summed E-state index contributed by atoms with van der Waals surface area (Å²) in [6, 6.07) is 14.9. The largest absolute Gasteiger partial charge is 0.494 e. The Kier molecular flexibility index (Phi) is 6.97. The molecule has 0 unspecified atom stereocenters. The number of urea groups is 1. The fraction of sp³-hybridized carbons (Fsp3) is 0.381. The molecule has 7 nitrogen and oxygen atoms in total. The van der Waals surface area contributed by atoms with Crippen LogP contribution in [-0.4, -0.2) is 57.5 Å². The number of piperazine rings is 1. The molecular formula is C21H28N4O3. The summed E-state index contributed by atoms with van der Waals surface area (Å²) in [5.74, 6) is 1.46. The van der Waals surface area contributed by atoms with E-state index in [4.69, 9.17) is 9.47 Å². The predicted molar refractivity (Wildman–Crippen MR) is 111 cm³/mol. The summed E-state index contributed by atoms with van der Waals surface area (Å²) in [6.07, 6.45) is 0. The van der Waals surface area contributed by atoms with Gasteiger partial charge in [-0.15, -0.1) is 0 Å². The number of anilines is 2. The number of amides is 2. The summed E-state index contributed by atoms with van der Waals surface area (Å²) in [7, 11) is 2.14. The Balaban J connectivity index is 1.40. The van der Waals surface area contributed by atoms with Gasteiger partial charge in [0.1, 0.15) is 11.5 Å². The van der Waals surface area contributed by atoms with E-state index < -0.39 is 0 Å². The number of nitrogens with one attached hydrogen (secondary N) is 2. The number of likely N-dealkylation sites (N-methyl/N-ethyl adjacent to an activating group) is 1. The van der Waals surface area contributed by atoms with Gasteiger partial charge in [0.2, 0.25) is 0 Å². The lowest BCUT2D eigenvalue weighted by molar-refractivity contribution is 0.234. The Morgan fingerprint density at radius 2 is 1.54 bits per heavy atom. The highest BCUT2D eigenvalue weighted by Crippen LogP contribution is 2.19. The van der Waals surface area contributed by atoms with Crippen molar-refractivity contribution < 1.29 is 14.3 Å². The van der Waals surface area contributed by atoms with Gasteiger partial charge in [-0.2, -0.15) is 0 Å². The number of hydrogen-bond acceptors (Lipinski definition) is 5. The first-order chi connectivity index (χ1) is 13.6. The molecule has 1 aliphatic rings. The Morgan fingerprint density at radius 3 is 2.14 bits per heavy atom. The van der Waals surface area contributed by atoms with Crippen LogP contribution in [0, 0.1) is 0 Å². The van der Waals surface area contributed by atoms with Crippen molar-refractivity contribution >= 4 is 17.4 Å². The zero-order chi connectivity index (χ0) is 19.8. The molecule has 0 aromatic heterocycles. The van der Waals surface area contributed by atoms with Crippen molar-refractivity contribution in [3.63, 3.8) is 0 Å². The van der Waals surface area contributed by atoms with Gasteiger partial charge in [0.15, 0.2) is 6.73 Å². The van der Waals surface area contributed by atoms with E-state index >= 15 is 0 Å². The second kappa shape index (κ2) is 9.85. The maximum atomic E-state index is 12.0. The average Bonchev–Trinajstić information content (AvgIpc) is 2.71. The normalized spacial score (nSPS) is 14.4. The van der Waals surface area contributed by atoms with Crippen molar-refractivity contribution in [1.29, 1.82) is 0 Å². The molecule has 2 amide bonds. The highest BCUT2D eigenvalue weighted by Gasteiger charge is 2.14. The molecule has 0 saturated carbocycles. The lowest BCUT2D eigenvalue weighted by Crippen LogP contribution is -2.44. The predicted octanol–water partition coefficient (Wildman–Crippen LogP) is 3.00. The number of benzene rings is 2. The summed E-state index contributed by atoms with van der Waals surface area (Å²) in [5.41, 5.74) is 1.93. The lowest BCUT2D eigenvalue weighted by Gasteiger charge is -2.34. The molecule has 1 heterocycles. The summed E-state index contributed by atoms with van der Waals surface area (Å²) in [6.45, 7) is 6.82. The molecule has 1 aliphatic heterocycles. The van der Waals surface area contributed by atoms with Crippen LogP contribution >= 0.6 is 0 Å². The van der Waals surface area contributed by atoms with Crippen LogP contribution in [0.1, 0.15) is 6.92 Å². The average molecular weight is 384 g/mol. The zero-order valence-electron chi connectivity index (χ0n) is 16.5. The van der Waals surface area contributed by atoms with E-state index in [2.05, 4.69) is 27.5 Å². The smallest absolute Gasteiger partial charge is 0.321 e. The molecule has 150 valence electrons. The van der Waals surface area contributed by atoms with Gasteiger partial charge in [0.05, 0.1) is 6.61 Å². The standard InChI is InChI=1S/C21H28N4O3/c1-3-27-19-8-10-20(11-9-19)28-16-22-21(26)23-17-4-6-18(7-5-17)25-14-12-24(2)13-15-25/h4-11H,3,12-16H2,1-2H3,(H2,22,23,26). The molecule has 0 spiro atoms. The minimum absolute atomic E-state index is 0.0825. The third-order valence-corrected chi connectivity index (χ3v) is 4.60. The number of carbonyl (C=O) groups excluding carboxylic acids is 1. The first-order valence-corrected chi connectivity index (χ1v) is 9.58.